The number of benzene rings is 3. The van der Waals surface area contributed by atoms with Gasteiger partial charge >= 0.3 is 5.97 Å². The molecule has 3 rings (SSSR count). The van der Waals surface area contributed by atoms with Gasteiger partial charge in [0, 0.05) is 23.9 Å². The fourth-order valence-electron chi connectivity index (χ4n) is 3.00. The largest absolute Gasteiger partial charge is 0.445 e. The van der Waals surface area contributed by atoms with E-state index < -0.39 is 12.1 Å². The van der Waals surface area contributed by atoms with Crippen LogP contribution in [0.3, 0.4) is 0 Å². The SMILES string of the molecule is CNc1ccccc1C(=O)O[C@H](C(=O)c1ccc(C)c(C)c1)c1ccccc1. The maximum atomic E-state index is 13.2. The van der Waals surface area contributed by atoms with Crippen molar-refractivity contribution in [3.8, 4) is 0 Å². The third kappa shape index (κ3) is 4.12. The van der Waals surface area contributed by atoms with Crippen LogP contribution in [-0.4, -0.2) is 18.8 Å². The van der Waals surface area contributed by atoms with Gasteiger partial charge in [-0.15, -0.1) is 0 Å². The first kappa shape index (κ1) is 19.4. The van der Waals surface area contributed by atoms with Crippen LogP contribution in [0, 0.1) is 13.8 Å². The average molecular weight is 373 g/mol. The van der Waals surface area contributed by atoms with E-state index in [1.165, 1.54) is 0 Å². The van der Waals surface area contributed by atoms with Gasteiger partial charge in [-0.2, -0.15) is 0 Å². The molecule has 0 radical (unpaired) electrons. The van der Waals surface area contributed by atoms with E-state index in [1.807, 2.05) is 50.2 Å². The van der Waals surface area contributed by atoms with Crippen LogP contribution in [0.15, 0.2) is 72.8 Å². The van der Waals surface area contributed by atoms with Gasteiger partial charge in [0.1, 0.15) is 0 Å². The Morgan fingerprint density at radius 3 is 2.21 bits per heavy atom. The molecule has 1 atom stereocenters. The van der Waals surface area contributed by atoms with Gasteiger partial charge in [0.15, 0.2) is 6.10 Å². The highest BCUT2D eigenvalue weighted by atomic mass is 16.5. The number of carbonyl (C=O) groups is 2. The fraction of sp³-hybridized carbons (Fsp3) is 0.167. The Kier molecular flexibility index (Phi) is 5.90. The molecule has 3 aromatic carbocycles. The van der Waals surface area contributed by atoms with Gasteiger partial charge in [-0.3, -0.25) is 4.79 Å². The quantitative estimate of drug-likeness (QED) is 0.481. The van der Waals surface area contributed by atoms with Crippen LogP contribution in [-0.2, 0) is 4.74 Å². The van der Waals surface area contributed by atoms with Crippen LogP contribution in [0.5, 0.6) is 0 Å². The molecule has 0 aliphatic carbocycles. The molecular formula is C24H23NO3. The van der Waals surface area contributed by atoms with Gasteiger partial charge in [-0.1, -0.05) is 54.6 Å². The van der Waals surface area contributed by atoms with Crippen molar-refractivity contribution in [2.45, 2.75) is 20.0 Å². The molecule has 0 unspecified atom stereocenters. The number of ketones is 1. The summed E-state index contributed by atoms with van der Waals surface area (Å²) in [6.45, 7) is 3.95. The Bertz CT molecular complexity index is 996. The Balaban J connectivity index is 1.97. The molecule has 1 N–H and O–H groups in total. The van der Waals surface area contributed by atoms with E-state index in [0.717, 1.165) is 11.1 Å². The highest BCUT2D eigenvalue weighted by Crippen LogP contribution is 2.26. The molecule has 0 spiro atoms. The predicted octanol–water partition coefficient (Wildman–Crippen LogP) is 5.13. The van der Waals surface area contributed by atoms with Crippen molar-refractivity contribution < 1.29 is 14.3 Å². The number of ether oxygens (including phenoxy) is 1. The van der Waals surface area contributed by atoms with Crippen LogP contribution in [0.4, 0.5) is 5.69 Å². The summed E-state index contributed by atoms with van der Waals surface area (Å²) < 4.78 is 5.72. The predicted molar refractivity (Wildman–Crippen MR) is 111 cm³/mol. The van der Waals surface area contributed by atoms with Crippen LogP contribution in [0.2, 0.25) is 0 Å². The first-order valence-electron chi connectivity index (χ1n) is 9.15. The van der Waals surface area contributed by atoms with Crippen LogP contribution < -0.4 is 5.32 Å². The van der Waals surface area contributed by atoms with Crippen molar-refractivity contribution >= 4 is 17.4 Å². The van der Waals surface area contributed by atoms with Crippen LogP contribution >= 0.6 is 0 Å². The van der Waals surface area contributed by atoms with Gasteiger partial charge in [-0.25, -0.2) is 4.79 Å². The molecule has 0 saturated heterocycles. The lowest BCUT2D eigenvalue weighted by molar-refractivity contribution is 0.0281. The average Bonchev–Trinajstić information content (AvgIpc) is 2.74. The van der Waals surface area contributed by atoms with Gasteiger partial charge < -0.3 is 10.1 Å². The molecule has 4 heteroatoms. The normalized spacial score (nSPS) is 11.5. The lowest BCUT2D eigenvalue weighted by Crippen LogP contribution is -2.21. The first-order chi connectivity index (χ1) is 13.5. The smallest absolute Gasteiger partial charge is 0.341 e. The molecule has 0 aromatic heterocycles. The Labute approximate surface area is 165 Å². The highest BCUT2D eigenvalue weighted by molar-refractivity contribution is 6.03. The number of Topliss-reactive ketones (excluding diaryl/α,β-unsaturated/α-hetero) is 1. The Morgan fingerprint density at radius 2 is 1.54 bits per heavy atom. The molecule has 142 valence electrons. The van der Waals surface area contributed by atoms with Gasteiger partial charge in [0.25, 0.3) is 0 Å². The number of anilines is 1. The molecular weight excluding hydrogens is 350 g/mol. The lowest BCUT2D eigenvalue weighted by Gasteiger charge is -2.19. The number of nitrogens with one attached hydrogen (secondary N) is 1. The van der Waals surface area contributed by atoms with E-state index >= 15 is 0 Å². The van der Waals surface area contributed by atoms with E-state index in [2.05, 4.69) is 5.32 Å². The van der Waals surface area contributed by atoms with Gasteiger partial charge in [-0.05, 0) is 43.2 Å². The number of carbonyl (C=O) groups excluding carboxylic acids is 2. The van der Waals surface area contributed by atoms with E-state index in [4.69, 9.17) is 4.74 Å². The van der Waals surface area contributed by atoms with Gasteiger partial charge in [0.2, 0.25) is 5.78 Å². The summed E-state index contributed by atoms with van der Waals surface area (Å²) in [7, 11) is 1.74. The summed E-state index contributed by atoms with van der Waals surface area (Å²) in [5, 5.41) is 2.98. The summed E-state index contributed by atoms with van der Waals surface area (Å²) >= 11 is 0. The minimum absolute atomic E-state index is 0.246. The maximum absolute atomic E-state index is 13.2. The third-order valence-corrected chi connectivity index (χ3v) is 4.77. The number of hydrogen-bond donors (Lipinski definition) is 1. The number of hydrogen-bond acceptors (Lipinski definition) is 4. The molecule has 0 bridgehead atoms. The molecule has 0 heterocycles. The second-order valence-corrected chi connectivity index (χ2v) is 6.65. The molecule has 0 amide bonds. The van der Waals surface area contributed by atoms with E-state index in [9.17, 15) is 9.59 Å². The first-order valence-corrected chi connectivity index (χ1v) is 9.15. The summed E-state index contributed by atoms with van der Waals surface area (Å²) in [6, 6.07) is 21.7. The zero-order valence-electron chi connectivity index (χ0n) is 16.2. The monoisotopic (exact) mass is 373 g/mol. The fourth-order valence-corrected chi connectivity index (χ4v) is 3.00. The van der Waals surface area contributed by atoms with Crippen molar-refractivity contribution in [2.24, 2.45) is 0 Å². The third-order valence-electron chi connectivity index (χ3n) is 4.77. The minimum atomic E-state index is -1.01. The number of aryl methyl sites for hydroxylation is 2. The summed E-state index contributed by atoms with van der Waals surface area (Å²) in [6.07, 6.45) is -1.01. The topological polar surface area (TPSA) is 55.4 Å². The molecule has 0 saturated carbocycles. The molecule has 0 fully saturated rings. The highest BCUT2D eigenvalue weighted by Gasteiger charge is 2.27. The molecule has 28 heavy (non-hydrogen) atoms. The summed E-state index contributed by atoms with van der Waals surface area (Å²) in [4.78, 5) is 26.1. The number of para-hydroxylation sites is 1. The minimum Gasteiger partial charge on any atom is -0.445 e. The second-order valence-electron chi connectivity index (χ2n) is 6.65. The number of esters is 1. The summed E-state index contributed by atoms with van der Waals surface area (Å²) in [5.74, 6) is -0.791. The Hall–Kier alpha value is -3.40. The second kappa shape index (κ2) is 8.53. The van der Waals surface area contributed by atoms with Crippen molar-refractivity contribution in [1.29, 1.82) is 0 Å². The molecule has 3 aromatic rings. The van der Waals surface area contributed by atoms with E-state index in [1.54, 1.807) is 43.4 Å². The number of rotatable bonds is 6. The molecule has 0 aliphatic heterocycles. The maximum Gasteiger partial charge on any atom is 0.341 e. The standard InChI is InChI=1S/C24H23NO3/c1-16-13-14-19(15-17(16)2)22(26)23(18-9-5-4-6-10-18)28-24(27)20-11-7-8-12-21(20)25-3/h4-15,23,25H,1-3H3/t23-/m0/s1. The van der Waals surface area contributed by atoms with E-state index in [0.29, 0.717) is 22.4 Å². The molecule has 0 aliphatic rings. The summed E-state index contributed by atoms with van der Waals surface area (Å²) in [5.41, 5.74) is 4.32. The van der Waals surface area contributed by atoms with Crippen molar-refractivity contribution in [1.82, 2.24) is 0 Å². The van der Waals surface area contributed by atoms with E-state index in [-0.39, 0.29) is 5.78 Å². The molecule has 4 nitrogen and oxygen atoms in total. The van der Waals surface area contributed by atoms with Crippen molar-refractivity contribution in [2.75, 3.05) is 12.4 Å². The van der Waals surface area contributed by atoms with Gasteiger partial charge in [0.05, 0.1) is 5.56 Å². The van der Waals surface area contributed by atoms with Crippen LogP contribution in [0.1, 0.15) is 43.5 Å². The zero-order chi connectivity index (χ0) is 20.1. The van der Waals surface area contributed by atoms with Crippen LogP contribution in [0.25, 0.3) is 0 Å². The zero-order valence-corrected chi connectivity index (χ0v) is 16.2. The van der Waals surface area contributed by atoms with Crippen molar-refractivity contribution in [3.05, 3.63) is 101 Å². The Morgan fingerprint density at radius 1 is 0.857 bits per heavy atom. The van der Waals surface area contributed by atoms with Crippen molar-refractivity contribution in [3.63, 3.8) is 0 Å². The lowest BCUT2D eigenvalue weighted by atomic mass is 9.97.